The van der Waals surface area contributed by atoms with Crippen molar-refractivity contribution in [3.05, 3.63) is 77.6 Å². The molecule has 0 radical (unpaired) electrons. The molecule has 0 aliphatic carbocycles. The summed E-state index contributed by atoms with van der Waals surface area (Å²) in [6.07, 6.45) is 4.01. The van der Waals surface area contributed by atoms with Crippen LogP contribution in [0.2, 0.25) is 0 Å². The summed E-state index contributed by atoms with van der Waals surface area (Å²) in [5, 5.41) is 12.8. The Morgan fingerprint density at radius 1 is 1.04 bits per heavy atom. The zero-order chi connectivity index (χ0) is 19.5. The molecule has 140 valence electrons. The van der Waals surface area contributed by atoms with Gasteiger partial charge in [0.2, 0.25) is 5.91 Å². The minimum absolute atomic E-state index is 0.129. The van der Waals surface area contributed by atoms with Gasteiger partial charge < -0.3 is 5.32 Å². The van der Waals surface area contributed by atoms with Gasteiger partial charge in [0.1, 0.15) is 12.4 Å². The van der Waals surface area contributed by atoms with Gasteiger partial charge >= 0.3 is 0 Å². The Kier molecular flexibility index (Phi) is 4.76. The number of hydrogen-bond acceptors (Lipinski definition) is 3. The van der Waals surface area contributed by atoms with Gasteiger partial charge in [0, 0.05) is 18.5 Å². The maximum absolute atomic E-state index is 12.5. The number of benzene rings is 2. The summed E-state index contributed by atoms with van der Waals surface area (Å²) in [7, 11) is 1.80. The average molecular weight is 371 g/mol. The van der Waals surface area contributed by atoms with Crippen LogP contribution in [0.5, 0.6) is 0 Å². The summed E-state index contributed by atoms with van der Waals surface area (Å²) in [5.41, 5.74) is 3.72. The third-order valence-corrected chi connectivity index (χ3v) is 4.48. The quantitative estimate of drug-likeness (QED) is 0.579. The molecule has 4 rings (SSSR count). The minimum Gasteiger partial charge on any atom is -0.309 e. The highest BCUT2D eigenvalue weighted by atomic mass is 16.2. The summed E-state index contributed by atoms with van der Waals surface area (Å²) in [6.45, 7) is 2.02. The standard InChI is InChI=1S/C22H21N5O/c1-16-14-21(26(2)24-16)23-22(28)15-27-20-11-7-6-10-18(20)19(25-27)13-12-17-8-4-3-5-9-17/h3-14H,15H2,1-2H3,(H,23,28). The van der Waals surface area contributed by atoms with Crippen LogP contribution in [0.1, 0.15) is 17.0 Å². The molecule has 0 bridgehead atoms. The summed E-state index contributed by atoms with van der Waals surface area (Å²) < 4.78 is 3.39. The Hall–Kier alpha value is -3.67. The first kappa shape index (κ1) is 17.7. The number of carbonyl (C=O) groups excluding carboxylic acids is 1. The second-order valence-electron chi connectivity index (χ2n) is 6.65. The first-order valence-corrected chi connectivity index (χ1v) is 9.09. The summed E-state index contributed by atoms with van der Waals surface area (Å²) in [5.74, 6) is 0.526. The number of nitrogens with one attached hydrogen (secondary N) is 1. The fourth-order valence-electron chi connectivity index (χ4n) is 3.18. The molecule has 1 N–H and O–H groups in total. The molecule has 0 spiro atoms. The molecule has 0 saturated carbocycles. The maximum Gasteiger partial charge on any atom is 0.247 e. The van der Waals surface area contributed by atoms with Gasteiger partial charge in [-0.3, -0.25) is 14.2 Å². The van der Waals surface area contributed by atoms with Crippen molar-refractivity contribution in [1.29, 1.82) is 0 Å². The van der Waals surface area contributed by atoms with E-state index in [2.05, 4.69) is 15.5 Å². The third kappa shape index (κ3) is 3.71. The van der Waals surface area contributed by atoms with Crippen LogP contribution in [-0.4, -0.2) is 25.5 Å². The Bertz CT molecular complexity index is 1150. The second-order valence-corrected chi connectivity index (χ2v) is 6.65. The first-order valence-electron chi connectivity index (χ1n) is 9.09. The van der Waals surface area contributed by atoms with Crippen LogP contribution in [-0.2, 0) is 18.4 Å². The molecule has 0 unspecified atom stereocenters. The van der Waals surface area contributed by atoms with Crippen LogP contribution >= 0.6 is 0 Å². The van der Waals surface area contributed by atoms with E-state index in [0.29, 0.717) is 5.82 Å². The number of rotatable bonds is 5. The van der Waals surface area contributed by atoms with Crippen molar-refractivity contribution in [2.24, 2.45) is 7.05 Å². The lowest BCUT2D eigenvalue weighted by Crippen LogP contribution is -2.21. The summed E-state index contributed by atoms with van der Waals surface area (Å²) in [4.78, 5) is 12.5. The monoisotopic (exact) mass is 371 g/mol. The molecule has 2 aromatic carbocycles. The predicted molar refractivity (Wildman–Crippen MR) is 112 cm³/mol. The topological polar surface area (TPSA) is 64.7 Å². The molecule has 0 atom stereocenters. The molecule has 1 amide bonds. The number of nitrogens with zero attached hydrogens (tertiary/aromatic N) is 4. The van der Waals surface area contributed by atoms with Crippen LogP contribution in [0, 0.1) is 6.92 Å². The largest absolute Gasteiger partial charge is 0.309 e. The molecule has 6 heteroatoms. The molecule has 28 heavy (non-hydrogen) atoms. The lowest BCUT2D eigenvalue weighted by molar-refractivity contribution is -0.116. The number of para-hydroxylation sites is 1. The van der Waals surface area contributed by atoms with E-state index in [-0.39, 0.29) is 12.5 Å². The van der Waals surface area contributed by atoms with Crippen LogP contribution in [0.3, 0.4) is 0 Å². The normalized spacial score (nSPS) is 11.4. The molecule has 0 aliphatic rings. The van der Waals surface area contributed by atoms with Gasteiger partial charge in [-0.2, -0.15) is 10.2 Å². The van der Waals surface area contributed by atoms with E-state index in [4.69, 9.17) is 0 Å². The highest BCUT2D eigenvalue weighted by Gasteiger charge is 2.13. The zero-order valence-electron chi connectivity index (χ0n) is 15.8. The second kappa shape index (κ2) is 7.52. The molecular formula is C22H21N5O. The predicted octanol–water partition coefficient (Wildman–Crippen LogP) is 3.89. The van der Waals surface area contributed by atoms with Crippen molar-refractivity contribution in [3.63, 3.8) is 0 Å². The van der Waals surface area contributed by atoms with E-state index in [1.54, 1.807) is 16.4 Å². The van der Waals surface area contributed by atoms with Crippen molar-refractivity contribution in [2.45, 2.75) is 13.5 Å². The Morgan fingerprint density at radius 3 is 2.54 bits per heavy atom. The minimum atomic E-state index is -0.144. The first-order chi connectivity index (χ1) is 13.6. The van der Waals surface area contributed by atoms with Crippen molar-refractivity contribution in [1.82, 2.24) is 19.6 Å². The van der Waals surface area contributed by atoms with Crippen LogP contribution in [0.4, 0.5) is 5.82 Å². The summed E-state index contributed by atoms with van der Waals surface area (Å²) >= 11 is 0. The third-order valence-electron chi connectivity index (χ3n) is 4.48. The highest BCUT2D eigenvalue weighted by Crippen LogP contribution is 2.21. The SMILES string of the molecule is Cc1cc(NC(=O)Cn2nc(C=Cc3ccccc3)c3ccccc32)n(C)n1. The van der Waals surface area contributed by atoms with Gasteiger partial charge in [-0.05, 0) is 24.6 Å². The number of anilines is 1. The fourth-order valence-corrected chi connectivity index (χ4v) is 3.18. The van der Waals surface area contributed by atoms with Gasteiger partial charge in [0.25, 0.3) is 0 Å². The number of aryl methyl sites for hydroxylation is 2. The molecular weight excluding hydrogens is 350 g/mol. The molecule has 4 aromatic rings. The van der Waals surface area contributed by atoms with Crippen LogP contribution in [0.25, 0.3) is 23.1 Å². The molecule has 0 fully saturated rings. The van der Waals surface area contributed by atoms with Gasteiger partial charge in [-0.25, -0.2) is 0 Å². The van der Waals surface area contributed by atoms with Gasteiger partial charge in [-0.15, -0.1) is 0 Å². The molecule has 6 nitrogen and oxygen atoms in total. The number of hydrogen-bond donors (Lipinski definition) is 1. The molecule has 2 aromatic heterocycles. The van der Waals surface area contributed by atoms with E-state index in [1.165, 1.54) is 0 Å². The van der Waals surface area contributed by atoms with Crippen molar-refractivity contribution >= 4 is 34.8 Å². The van der Waals surface area contributed by atoms with Crippen LogP contribution in [0.15, 0.2) is 60.7 Å². The lowest BCUT2D eigenvalue weighted by atomic mass is 10.1. The Labute approximate surface area is 163 Å². The van der Waals surface area contributed by atoms with E-state index in [1.807, 2.05) is 79.7 Å². The fraction of sp³-hybridized carbons (Fsp3) is 0.136. The zero-order valence-corrected chi connectivity index (χ0v) is 15.8. The summed E-state index contributed by atoms with van der Waals surface area (Å²) in [6, 6.07) is 19.8. The average Bonchev–Trinajstić information content (AvgIpc) is 3.20. The lowest BCUT2D eigenvalue weighted by Gasteiger charge is -2.06. The van der Waals surface area contributed by atoms with Gasteiger partial charge in [-0.1, -0.05) is 54.6 Å². The molecule has 0 aliphatic heterocycles. The van der Waals surface area contributed by atoms with Crippen LogP contribution < -0.4 is 5.32 Å². The van der Waals surface area contributed by atoms with E-state index >= 15 is 0 Å². The number of amides is 1. The van der Waals surface area contributed by atoms with Gasteiger partial charge in [0.05, 0.1) is 16.9 Å². The smallest absolute Gasteiger partial charge is 0.247 e. The number of carbonyl (C=O) groups is 1. The van der Waals surface area contributed by atoms with Crippen molar-refractivity contribution in [3.8, 4) is 0 Å². The number of aromatic nitrogens is 4. The Morgan fingerprint density at radius 2 is 1.79 bits per heavy atom. The van der Waals surface area contributed by atoms with Crippen molar-refractivity contribution < 1.29 is 4.79 Å². The highest BCUT2D eigenvalue weighted by molar-refractivity contribution is 5.93. The van der Waals surface area contributed by atoms with E-state index in [0.717, 1.165) is 27.9 Å². The Balaban J connectivity index is 1.60. The van der Waals surface area contributed by atoms with Crippen molar-refractivity contribution in [2.75, 3.05) is 5.32 Å². The molecule has 0 saturated heterocycles. The van der Waals surface area contributed by atoms with Gasteiger partial charge in [0.15, 0.2) is 0 Å². The van der Waals surface area contributed by atoms with E-state index in [9.17, 15) is 4.79 Å². The molecule has 2 heterocycles. The number of fused-ring (bicyclic) bond motifs is 1. The maximum atomic E-state index is 12.5. The van der Waals surface area contributed by atoms with E-state index < -0.39 is 0 Å².